The fraction of sp³-hybridized carbons (Fsp3) is 0.413. The summed E-state index contributed by atoms with van der Waals surface area (Å²) >= 11 is 0. The minimum Gasteiger partial charge on any atom is -0.463 e. The van der Waals surface area contributed by atoms with Crippen molar-refractivity contribution >= 4 is 17.9 Å². The SMILES string of the molecule is CC(=O)OC[C@H]1O[C@@H](O)[C@H](OC(C)=O)[C@@H](OC(C)=O)[C@H]1O[C@H]1O[C@H](COCc2ccccc2)[C@H](OCc2ccccc2)[C@H](OCc2ccccc2)[C@H]1OCc1ccccc1. The van der Waals surface area contributed by atoms with Crippen LogP contribution in [-0.2, 0) is 88.2 Å². The second kappa shape index (κ2) is 22.5. The van der Waals surface area contributed by atoms with Crippen LogP contribution in [0.1, 0.15) is 43.0 Å². The molecule has 0 radical (unpaired) electrons. The van der Waals surface area contributed by atoms with Gasteiger partial charge in [0.2, 0.25) is 0 Å². The lowest BCUT2D eigenvalue weighted by Crippen LogP contribution is -2.66. The molecule has 14 nitrogen and oxygen atoms in total. The number of carbonyl (C=O) groups is 3. The third-order valence-electron chi connectivity index (χ3n) is 9.80. The largest absolute Gasteiger partial charge is 0.463 e. The van der Waals surface area contributed by atoms with E-state index in [2.05, 4.69) is 0 Å². The van der Waals surface area contributed by atoms with E-state index in [-0.39, 0.29) is 33.0 Å². The van der Waals surface area contributed by atoms with Crippen LogP contribution in [-0.4, -0.2) is 97.6 Å². The maximum absolute atomic E-state index is 12.6. The van der Waals surface area contributed by atoms with E-state index < -0.39 is 85.9 Å². The summed E-state index contributed by atoms with van der Waals surface area (Å²) in [7, 11) is 0. The summed E-state index contributed by atoms with van der Waals surface area (Å²) in [5.41, 5.74) is 3.58. The van der Waals surface area contributed by atoms with Gasteiger partial charge in [0.05, 0.1) is 33.0 Å². The topological polar surface area (TPSA) is 164 Å². The quantitative estimate of drug-likeness (QED) is 0.0968. The maximum Gasteiger partial charge on any atom is 0.303 e. The minimum absolute atomic E-state index is 0.0189. The van der Waals surface area contributed by atoms with Crippen LogP contribution in [0.25, 0.3) is 0 Å². The summed E-state index contributed by atoms with van der Waals surface area (Å²) in [6.45, 7) is 3.82. The van der Waals surface area contributed by atoms with Crippen molar-refractivity contribution < 1.29 is 66.9 Å². The van der Waals surface area contributed by atoms with Crippen LogP contribution >= 0.6 is 0 Å². The molecule has 6 rings (SSSR count). The highest BCUT2D eigenvalue weighted by Crippen LogP contribution is 2.36. The molecule has 2 fully saturated rings. The van der Waals surface area contributed by atoms with Crippen molar-refractivity contribution in [2.45, 2.75) is 109 Å². The van der Waals surface area contributed by atoms with Crippen molar-refractivity contribution in [3.63, 3.8) is 0 Å². The highest BCUT2D eigenvalue weighted by Gasteiger charge is 2.55. The van der Waals surface area contributed by atoms with Crippen LogP contribution in [0.4, 0.5) is 0 Å². The summed E-state index contributed by atoms with van der Waals surface area (Å²) in [4.78, 5) is 37.0. The summed E-state index contributed by atoms with van der Waals surface area (Å²) in [5, 5.41) is 11.1. The molecule has 320 valence electrons. The number of hydrogen-bond acceptors (Lipinski definition) is 14. The molecule has 0 aromatic heterocycles. The number of esters is 3. The first-order valence-electron chi connectivity index (χ1n) is 19.8. The number of ether oxygens (including phenoxy) is 10. The molecular formula is C46H52O14. The second-order valence-electron chi connectivity index (χ2n) is 14.4. The van der Waals surface area contributed by atoms with Gasteiger partial charge in [0, 0.05) is 20.8 Å². The molecule has 4 aromatic carbocycles. The standard InChI is InChI=1S/C46H52O14/c1-30(47)52-29-38-40(42(56-31(2)48)43(45(50)58-38)57-32(3)49)60-46-44(55-27-36-22-14-7-15-23-36)41(54-26-35-20-12-6-13-21-35)39(53-25-34-18-10-5-11-19-34)37(59-46)28-51-24-33-16-8-4-9-17-33/h4-23,37-46,50H,24-29H2,1-3H3/t37-,38-,39+,40+,41+,42+,43-,44-,45-,46-/m1/s1. The van der Waals surface area contributed by atoms with Gasteiger partial charge in [-0.2, -0.15) is 0 Å². The van der Waals surface area contributed by atoms with Gasteiger partial charge < -0.3 is 52.5 Å². The zero-order chi connectivity index (χ0) is 42.3. The Morgan fingerprint density at radius 2 is 0.917 bits per heavy atom. The molecule has 2 aliphatic rings. The summed E-state index contributed by atoms with van der Waals surface area (Å²) < 4.78 is 62.6. The lowest BCUT2D eigenvalue weighted by atomic mass is 9.96. The van der Waals surface area contributed by atoms with Crippen LogP contribution in [0.2, 0.25) is 0 Å². The molecule has 0 aliphatic carbocycles. The fourth-order valence-electron chi connectivity index (χ4n) is 7.05. The predicted octanol–water partition coefficient (Wildman–Crippen LogP) is 5.21. The van der Waals surface area contributed by atoms with Crippen molar-refractivity contribution in [3.05, 3.63) is 144 Å². The van der Waals surface area contributed by atoms with Gasteiger partial charge in [-0.1, -0.05) is 121 Å². The van der Waals surface area contributed by atoms with Crippen LogP contribution < -0.4 is 0 Å². The lowest BCUT2D eigenvalue weighted by molar-refractivity contribution is -0.368. The summed E-state index contributed by atoms with van der Waals surface area (Å²) in [6.07, 6.45) is -12.3. The van der Waals surface area contributed by atoms with Crippen LogP contribution in [0, 0.1) is 0 Å². The fourth-order valence-corrected chi connectivity index (χ4v) is 7.05. The Balaban J connectivity index is 1.41. The van der Waals surface area contributed by atoms with E-state index >= 15 is 0 Å². The zero-order valence-electron chi connectivity index (χ0n) is 33.8. The van der Waals surface area contributed by atoms with Crippen molar-refractivity contribution in [1.29, 1.82) is 0 Å². The second-order valence-corrected chi connectivity index (χ2v) is 14.4. The van der Waals surface area contributed by atoms with Crippen LogP contribution in [0.5, 0.6) is 0 Å². The Hall–Kier alpha value is -5.03. The lowest BCUT2D eigenvalue weighted by Gasteiger charge is -2.49. The Kier molecular flexibility index (Phi) is 16.7. The first-order chi connectivity index (χ1) is 29.1. The molecule has 60 heavy (non-hydrogen) atoms. The van der Waals surface area contributed by atoms with Gasteiger partial charge in [-0.15, -0.1) is 0 Å². The first-order valence-corrected chi connectivity index (χ1v) is 19.8. The van der Waals surface area contributed by atoms with Gasteiger partial charge >= 0.3 is 17.9 Å². The number of carbonyl (C=O) groups excluding carboxylic acids is 3. The van der Waals surface area contributed by atoms with Gasteiger partial charge in [0.15, 0.2) is 24.8 Å². The number of aliphatic hydroxyl groups is 1. The maximum atomic E-state index is 12.6. The Morgan fingerprint density at radius 3 is 1.40 bits per heavy atom. The molecule has 0 saturated carbocycles. The first kappa shape index (κ1) is 44.5. The molecule has 2 aliphatic heterocycles. The van der Waals surface area contributed by atoms with Crippen molar-refractivity contribution in [2.24, 2.45) is 0 Å². The molecule has 2 saturated heterocycles. The number of benzene rings is 4. The molecule has 4 aromatic rings. The smallest absolute Gasteiger partial charge is 0.303 e. The normalized spacial score (nSPS) is 26.5. The van der Waals surface area contributed by atoms with Crippen LogP contribution in [0.3, 0.4) is 0 Å². The Labute approximate surface area is 349 Å². The third-order valence-corrected chi connectivity index (χ3v) is 9.80. The number of rotatable bonds is 19. The van der Waals surface area contributed by atoms with Gasteiger partial charge in [0.25, 0.3) is 0 Å². The Bertz CT molecular complexity index is 1900. The van der Waals surface area contributed by atoms with E-state index in [0.29, 0.717) is 0 Å². The average Bonchev–Trinajstić information content (AvgIpc) is 3.24. The minimum atomic E-state index is -1.78. The average molecular weight is 829 g/mol. The van der Waals surface area contributed by atoms with Gasteiger partial charge in [-0.3, -0.25) is 14.4 Å². The van der Waals surface area contributed by atoms with E-state index in [9.17, 15) is 19.5 Å². The van der Waals surface area contributed by atoms with Crippen molar-refractivity contribution in [3.8, 4) is 0 Å². The van der Waals surface area contributed by atoms with E-state index in [4.69, 9.17) is 47.4 Å². The van der Waals surface area contributed by atoms with Crippen LogP contribution in [0.15, 0.2) is 121 Å². The number of aliphatic hydroxyl groups excluding tert-OH is 1. The molecule has 0 unspecified atom stereocenters. The van der Waals surface area contributed by atoms with Gasteiger partial charge in [-0.25, -0.2) is 0 Å². The molecule has 1 N–H and O–H groups in total. The molecular weight excluding hydrogens is 776 g/mol. The zero-order valence-corrected chi connectivity index (χ0v) is 33.8. The summed E-state index contributed by atoms with van der Waals surface area (Å²) in [6, 6.07) is 38.5. The van der Waals surface area contributed by atoms with Crippen molar-refractivity contribution in [1.82, 2.24) is 0 Å². The van der Waals surface area contributed by atoms with Gasteiger partial charge in [-0.05, 0) is 22.3 Å². The third kappa shape index (κ3) is 13.0. The van der Waals surface area contributed by atoms with E-state index in [1.54, 1.807) is 0 Å². The molecule has 0 bridgehead atoms. The predicted molar refractivity (Wildman–Crippen MR) is 213 cm³/mol. The highest BCUT2D eigenvalue weighted by molar-refractivity contribution is 5.67. The Morgan fingerprint density at radius 1 is 0.483 bits per heavy atom. The molecule has 0 spiro atoms. The summed E-state index contributed by atoms with van der Waals surface area (Å²) in [5.74, 6) is -2.18. The highest BCUT2D eigenvalue weighted by atomic mass is 16.8. The molecule has 2 heterocycles. The molecule has 10 atom stereocenters. The number of hydrogen-bond donors (Lipinski definition) is 1. The molecule has 14 heteroatoms. The van der Waals surface area contributed by atoms with E-state index in [0.717, 1.165) is 36.1 Å². The monoisotopic (exact) mass is 828 g/mol. The molecule has 0 amide bonds. The van der Waals surface area contributed by atoms with Gasteiger partial charge in [0.1, 0.15) is 43.2 Å². The van der Waals surface area contributed by atoms with E-state index in [1.165, 1.54) is 6.92 Å². The van der Waals surface area contributed by atoms with Crippen molar-refractivity contribution in [2.75, 3.05) is 13.2 Å². The van der Waals surface area contributed by atoms with E-state index in [1.807, 2.05) is 121 Å².